The molecule has 2 rings (SSSR count). The van der Waals surface area contributed by atoms with Crippen molar-refractivity contribution in [2.75, 3.05) is 5.32 Å². The van der Waals surface area contributed by atoms with Crippen LogP contribution in [0.5, 0.6) is 0 Å². The largest absolute Gasteiger partial charge is 0.377 e. The average molecular weight is 291 g/mol. The minimum atomic E-state index is -0.0146. The molecule has 1 unspecified atom stereocenters. The van der Waals surface area contributed by atoms with Crippen molar-refractivity contribution in [3.63, 3.8) is 0 Å². The molecule has 0 aliphatic carbocycles. The second kappa shape index (κ2) is 5.97. The van der Waals surface area contributed by atoms with Crippen LogP contribution in [0, 0.1) is 11.3 Å². The van der Waals surface area contributed by atoms with Crippen molar-refractivity contribution >= 4 is 28.9 Å². The third-order valence-corrected chi connectivity index (χ3v) is 3.53. The lowest BCUT2D eigenvalue weighted by molar-refractivity contribution is 0.884. The fourth-order valence-corrected chi connectivity index (χ4v) is 2.41. The van der Waals surface area contributed by atoms with Crippen LogP contribution in [-0.4, -0.2) is 0 Å². The molecule has 96 valence electrons. The van der Waals surface area contributed by atoms with Gasteiger partial charge in [-0.2, -0.15) is 5.26 Å². The number of nitrogens with one attached hydrogen (secondary N) is 1. The van der Waals surface area contributed by atoms with E-state index in [4.69, 9.17) is 28.5 Å². The Morgan fingerprint density at radius 2 is 1.74 bits per heavy atom. The first kappa shape index (κ1) is 13.7. The van der Waals surface area contributed by atoms with E-state index in [0.29, 0.717) is 21.3 Å². The lowest BCUT2D eigenvalue weighted by Gasteiger charge is -2.18. The highest BCUT2D eigenvalue weighted by molar-refractivity contribution is 6.32. The maximum absolute atomic E-state index is 9.14. The van der Waals surface area contributed by atoms with E-state index in [1.54, 1.807) is 6.07 Å². The molecule has 2 aromatic carbocycles. The molecule has 4 heteroatoms. The Hall–Kier alpha value is -1.69. The Labute approximate surface area is 122 Å². The van der Waals surface area contributed by atoms with Crippen molar-refractivity contribution in [3.05, 3.63) is 63.6 Å². The minimum absolute atomic E-state index is 0.0146. The van der Waals surface area contributed by atoms with Gasteiger partial charge in [-0.25, -0.2) is 0 Å². The number of hydrogen-bond acceptors (Lipinski definition) is 2. The topological polar surface area (TPSA) is 35.8 Å². The molecule has 0 amide bonds. The summed E-state index contributed by atoms with van der Waals surface area (Å²) in [4.78, 5) is 0. The Kier molecular flexibility index (Phi) is 4.31. The molecule has 0 fully saturated rings. The first-order valence-electron chi connectivity index (χ1n) is 5.83. The third kappa shape index (κ3) is 3.01. The Morgan fingerprint density at radius 3 is 2.42 bits per heavy atom. The maximum atomic E-state index is 9.14. The summed E-state index contributed by atoms with van der Waals surface area (Å²) in [5.41, 5.74) is 2.14. The maximum Gasteiger partial charge on any atom is 0.103 e. The summed E-state index contributed by atoms with van der Waals surface area (Å²) in [6.45, 7) is 1.99. The molecular formula is C15H12Cl2N2. The van der Waals surface area contributed by atoms with Crippen LogP contribution in [0.3, 0.4) is 0 Å². The molecule has 19 heavy (non-hydrogen) atoms. The number of nitriles is 1. The predicted octanol–water partition coefficient (Wildman–Crippen LogP) is 5.04. The standard InChI is InChI=1S/C15H12Cl2N2/c1-10(11-5-2-3-6-13(11)16)19-15-8-4-7-14(17)12(15)9-18/h2-8,10,19H,1H3. The van der Waals surface area contributed by atoms with Gasteiger partial charge in [0.2, 0.25) is 0 Å². The van der Waals surface area contributed by atoms with E-state index in [1.807, 2.05) is 43.3 Å². The molecule has 0 saturated carbocycles. The van der Waals surface area contributed by atoms with Gasteiger partial charge in [-0.15, -0.1) is 0 Å². The lowest BCUT2D eigenvalue weighted by Crippen LogP contribution is -2.08. The Morgan fingerprint density at radius 1 is 1.05 bits per heavy atom. The molecule has 0 aromatic heterocycles. The molecule has 1 atom stereocenters. The molecule has 0 aliphatic rings. The fraction of sp³-hybridized carbons (Fsp3) is 0.133. The Bertz CT molecular complexity index is 632. The van der Waals surface area contributed by atoms with Crippen LogP contribution in [0.2, 0.25) is 10.0 Å². The van der Waals surface area contributed by atoms with Gasteiger partial charge in [0.15, 0.2) is 0 Å². The van der Waals surface area contributed by atoms with Gasteiger partial charge in [-0.1, -0.05) is 47.5 Å². The smallest absolute Gasteiger partial charge is 0.103 e. The van der Waals surface area contributed by atoms with Gasteiger partial charge in [-0.3, -0.25) is 0 Å². The van der Waals surface area contributed by atoms with Crippen molar-refractivity contribution in [1.82, 2.24) is 0 Å². The molecule has 0 radical (unpaired) electrons. The molecule has 0 saturated heterocycles. The number of benzene rings is 2. The summed E-state index contributed by atoms with van der Waals surface area (Å²) in [7, 11) is 0. The van der Waals surface area contributed by atoms with E-state index in [-0.39, 0.29) is 6.04 Å². The molecule has 2 aromatic rings. The van der Waals surface area contributed by atoms with Crippen LogP contribution in [-0.2, 0) is 0 Å². The SMILES string of the molecule is CC(Nc1cccc(Cl)c1C#N)c1ccccc1Cl. The fourth-order valence-electron chi connectivity index (χ4n) is 1.90. The lowest BCUT2D eigenvalue weighted by atomic mass is 10.1. The van der Waals surface area contributed by atoms with E-state index in [2.05, 4.69) is 11.4 Å². The van der Waals surface area contributed by atoms with Crippen LogP contribution in [0.1, 0.15) is 24.1 Å². The summed E-state index contributed by atoms with van der Waals surface area (Å²) < 4.78 is 0. The molecule has 0 heterocycles. The minimum Gasteiger partial charge on any atom is -0.377 e. The second-order valence-electron chi connectivity index (χ2n) is 4.16. The number of nitrogens with zero attached hydrogens (tertiary/aromatic N) is 1. The summed E-state index contributed by atoms with van der Waals surface area (Å²) in [6.07, 6.45) is 0. The van der Waals surface area contributed by atoms with Crippen LogP contribution >= 0.6 is 23.2 Å². The normalized spacial score (nSPS) is 11.7. The van der Waals surface area contributed by atoms with Crippen LogP contribution in [0.15, 0.2) is 42.5 Å². The first-order chi connectivity index (χ1) is 9.13. The zero-order chi connectivity index (χ0) is 13.8. The van der Waals surface area contributed by atoms with E-state index in [9.17, 15) is 0 Å². The van der Waals surface area contributed by atoms with Crippen molar-refractivity contribution < 1.29 is 0 Å². The summed E-state index contributed by atoms with van der Waals surface area (Å²) in [5.74, 6) is 0. The first-order valence-corrected chi connectivity index (χ1v) is 6.58. The van der Waals surface area contributed by atoms with E-state index in [1.165, 1.54) is 0 Å². The quantitative estimate of drug-likeness (QED) is 0.860. The number of rotatable bonds is 3. The van der Waals surface area contributed by atoms with E-state index >= 15 is 0 Å². The van der Waals surface area contributed by atoms with Crippen LogP contribution in [0.25, 0.3) is 0 Å². The summed E-state index contributed by atoms with van der Waals surface area (Å²) in [6, 6.07) is 15.1. The van der Waals surface area contributed by atoms with E-state index in [0.717, 1.165) is 5.56 Å². The summed E-state index contributed by atoms with van der Waals surface area (Å²) in [5, 5.41) is 13.5. The zero-order valence-corrected chi connectivity index (χ0v) is 11.8. The van der Waals surface area contributed by atoms with Crippen molar-refractivity contribution in [3.8, 4) is 6.07 Å². The highest BCUT2D eigenvalue weighted by Gasteiger charge is 2.12. The van der Waals surface area contributed by atoms with Gasteiger partial charge in [-0.05, 0) is 30.7 Å². The number of halogens is 2. The van der Waals surface area contributed by atoms with Gasteiger partial charge in [0.25, 0.3) is 0 Å². The molecule has 0 bridgehead atoms. The Balaban J connectivity index is 2.30. The number of anilines is 1. The molecule has 0 aliphatic heterocycles. The highest BCUT2D eigenvalue weighted by atomic mass is 35.5. The second-order valence-corrected chi connectivity index (χ2v) is 4.98. The van der Waals surface area contributed by atoms with Crippen LogP contribution < -0.4 is 5.32 Å². The monoisotopic (exact) mass is 290 g/mol. The zero-order valence-electron chi connectivity index (χ0n) is 10.3. The average Bonchev–Trinajstić information content (AvgIpc) is 2.39. The van der Waals surface area contributed by atoms with Gasteiger partial charge < -0.3 is 5.32 Å². The molecule has 2 nitrogen and oxygen atoms in total. The van der Waals surface area contributed by atoms with Crippen molar-refractivity contribution in [2.45, 2.75) is 13.0 Å². The van der Waals surface area contributed by atoms with Gasteiger partial charge in [0.05, 0.1) is 22.3 Å². The predicted molar refractivity (Wildman–Crippen MR) is 79.7 cm³/mol. The number of hydrogen-bond donors (Lipinski definition) is 1. The molecular weight excluding hydrogens is 279 g/mol. The third-order valence-electron chi connectivity index (χ3n) is 2.87. The van der Waals surface area contributed by atoms with Gasteiger partial charge >= 0.3 is 0 Å². The van der Waals surface area contributed by atoms with Gasteiger partial charge in [0, 0.05) is 5.02 Å². The van der Waals surface area contributed by atoms with Crippen LogP contribution in [0.4, 0.5) is 5.69 Å². The van der Waals surface area contributed by atoms with E-state index < -0.39 is 0 Å². The summed E-state index contributed by atoms with van der Waals surface area (Å²) >= 11 is 12.2. The molecule has 0 spiro atoms. The van der Waals surface area contributed by atoms with Gasteiger partial charge in [0.1, 0.15) is 6.07 Å². The van der Waals surface area contributed by atoms with Crippen molar-refractivity contribution in [1.29, 1.82) is 5.26 Å². The van der Waals surface area contributed by atoms with Crippen molar-refractivity contribution in [2.24, 2.45) is 0 Å². The highest BCUT2D eigenvalue weighted by Crippen LogP contribution is 2.29. The molecule has 1 N–H and O–H groups in total.